The lowest BCUT2D eigenvalue weighted by Gasteiger charge is -2.32. The number of thioether (sulfide) groups is 1. The van der Waals surface area contributed by atoms with Crippen molar-refractivity contribution in [3.63, 3.8) is 0 Å². The van der Waals surface area contributed by atoms with Gasteiger partial charge in [0.15, 0.2) is 0 Å². The molecule has 11 heteroatoms. The number of sulfonamides is 1. The zero-order valence-electron chi connectivity index (χ0n) is 18.7. The quantitative estimate of drug-likeness (QED) is 0.473. The first-order chi connectivity index (χ1) is 15.8. The minimum absolute atomic E-state index is 0.0729. The summed E-state index contributed by atoms with van der Waals surface area (Å²) in [6.07, 6.45) is -0.547. The Morgan fingerprint density at radius 1 is 1.09 bits per heavy atom. The van der Waals surface area contributed by atoms with Crippen LogP contribution >= 0.6 is 11.8 Å². The van der Waals surface area contributed by atoms with Crippen LogP contribution < -0.4 is 0 Å². The summed E-state index contributed by atoms with van der Waals surface area (Å²) in [5.41, 5.74) is 1.79. The van der Waals surface area contributed by atoms with Crippen molar-refractivity contribution in [1.29, 1.82) is 0 Å². The number of amides is 1. The standard InChI is InChI=1S/C22H26N6O3S2/c1-16(2)21-26(13-14-27(21)33(30,31)19-11-9-17(3)10-12-19)20(29)15-32-22-23-24-25-28(22)18-7-5-4-6-8-18/h4-12,16,21H,13-15H2,1-3H3/t21-/m0/s1. The van der Waals surface area contributed by atoms with Gasteiger partial charge in [-0.3, -0.25) is 4.79 Å². The third-order valence-electron chi connectivity index (χ3n) is 5.49. The first-order valence-electron chi connectivity index (χ1n) is 10.6. The molecule has 0 unspecified atom stereocenters. The zero-order valence-corrected chi connectivity index (χ0v) is 20.3. The van der Waals surface area contributed by atoms with Crippen molar-refractivity contribution in [3.8, 4) is 5.69 Å². The van der Waals surface area contributed by atoms with Crippen LogP contribution in [0.5, 0.6) is 0 Å². The van der Waals surface area contributed by atoms with Gasteiger partial charge in [-0.1, -0.05) is 61.5 Å². The molecular formula is C22H26N6O3S2. The maximum absolute atomic E-state index is 13.3. The predicted octanol–water partition coefficient (Wildman–Crippen LogP) is 2.58. The predicted molar refractivity (Wildman–Crippen MR) is 125 cm³/mol. The van der Waals surface area contributed by atoms with E-state index in [0.717, 1.165) is 11.3 Å². The molecule has 0 saturated carbocycles. The Hall–Kier alpha value is -2.76. The number of carbonyl (C=O) groups is 1. The number of hydrogen-bond donors (Lipinski definition) is 0. The Bertz CT molecular complexity index is 1210. The Kier molecular flexibility index (Phi) is 6.82. The lowest BCUT2D eigenvalue weighted by molar-refractivity contribution is -0.130. The molecule has 0 aliphatic carbocycles. The number of carbonyl (C=O) groups excluding carboxylic acids is 1. The van der Waals surface area contributed by atoms with Gasteiger partial charge in [-0.25, -0.2) is 8.42 Å². The smallest absolute Gasteiger partial charge is 0.244 e. The molecule has 0 radical (unpaired) electrons. The first kappa shape index (κ1) is 23.4. The molecule has 2 aromatic carbocycles. The minimum Gasteiger partial charge on any atom is -0.324 e. The van der Waals surface area contributed by atoms with Gasteiger partial charge in [-0.15, -0.1) is 5.10 Å². The van der Waals surface area contributed by atoms with Crippen LogP contribution in [-0.2, 0) is 14.8 Å². The normalized spacial score (nSPS) is 17.1. The van der Waals surface area contributed by atoms with E-state index in [-0.39, 0.29) is 29.0 Å². The van der Waals surface area contributed by atoms with E-state index >= 15 is 0 Å². The molecule has 4 rings (SSSR count). The number of hydrogen-bond acceptors (Lipinski definition) is 7. The van der Waals surface area contributed by atoms with Gasteiger partial charge in [0.05, 0.1) is 16.3 Å². The van der Waals surface area contributed by atoms with E-state index in [0.29, 0.717) is 11.7 Å². The molecular weight excluding hydrogens is 460 g/mol. The van der Waals surface area contributed by atoms with Gasteiger partial charge in [0, 0.05) is 13.1 Å². The monoisotopic (exact) mass is 486 g/mol. The molecule has 1 amide bonds. The largest absolute Gasteiger partial charge is 0.324 e. The third-order valence-corrected chi connectivity index (χ3v) is 8.27. The average Bonchev–Trinajstić information content (AvgIpc) is 3.46. The average molecular weight is 487 g/mol. The summed E-state index contributed by atoms with van der Waals surface area (Å²) in [6.45, 7) is 6.37. The molecule has 9 nitrogen and oxygen atoms in total. The molecule has 1 saturated heterocycles. The first-order valence-corrected chi connectivity index (χ1v) is 13.1. The molecule has 33 heavy (non-hydrogen) atoms. The number of para-hydroxylation sites is 1. The maximum atomic E-state index is 13.3. The molecule has 1 aliphatic rings. The fraction of sp³-hybridized carbons (Fsp3) is 0.364. The van der Waals surface area contributed by atoms with Crippen molar-refractivity contribution in [2.24, 2.45) is 5.92 Å². The van der Waals surface area contributed by atoms with E-state index in [4.69, 9.17) is 0 Å². The molecule has 174 valence electrons. The second kappa shape index (κ2) is 9.62. The number of tetrazole rings is 1. The van der Waals surface area contributed by atoms with Crippen LogP contribution in [0.25, 0.3) is 5.69 Å². The highest BCUT2D eigenvalue weighted by molar-refractivity contribution is 7.99. The zero-order chi connectivity index (χ0) is 23.6. The summed E-state index contributed by atoms with van der Waals surface area (Å²) >= 11 is 1.23. The highest BCUT2D eigenvalue weighted by atomic mass is 32.2. The van der Waals surface area contributed by atoms with Crippen molar-refractivity contribution in [3.05, 3.63) is 60.2 Å². The van der Waals surface area contributed by atoms with Crippen molar-refractivity contribution >= 4 is 27.7 Å². The van der Waals surface area contributed by atoms with Gasteiger partial charge in [0.25, 0.3) is 0 Å². The summed E-state index contributed by atoms with van der Waals surface area (Å²) in [4.78, 5) is 15.1. The molecule has 3 aromatic rings. The molecule has 0 bridgehead atoms. The Labute approximate surface area is 197 Å². The lowest BCUT2D eigenvalue weighted by atomic mass is 10.1. The van der Waals surface area contributed by atoms with E-state index in [1.165, 1.54) is 16.1 Å². The topological polar surface area (TPSA) is 101 Å². The molecule has 1 aromatic heterocycles. The Balaban J connectivity index is 1.50. The summed E-state index contributed by atoms with van der Waals surface area (Å²) in [5.74, 6) is -0.117. The van der Waals surface area contributed by atoms with E-state index in [9.17, 15) is 13.2 Å². The fourth-order valence-electron chi connectivity index (χ4n) is 3.91. The number of benzene rings is 2. The summed E-state index contributed by atoms with van der Waals surface area (Å²) in [7, 11) is -3.72. The fourth-order valence-corrected chi connectivity index (χ4v) is 6.40. The minimum atomic E-state index is -3.72. The summed E-state index contributed by atoms with van der Waals surface area (Å²) in [5, 5.41) is 12.3. The Morgan fingerprint density at radius 3 is 2.45 bits per heavy atom. The lowest BCUT2D eigenvalue weighted by Crippen LogP contribution is -2.48. The third kappa shape index (κ3) is 4.80. The highest BCUT2D eigenvalue weighted by Crippen LogP contribution is 2.30. The molecule has 0 N–H and O–H groups in total. The molecule has 1 atom stereocenters. The maximum Gasteiger partial charge on any atom is 0.244 e. The van der Waals surface area contributed by atoms with Crippen molar-refractivity contribution < 1.29 is 13.2 Å². The van der Waals surface area contributed by atoms with E-state index in [2.05, 4.69) is 15.5 Å². The van der Waals surface area contributed by atoms with Crippen LogP contribution in [-0.4, -0.2) is 68.7 Å². The van der Waals surface area contributed by atoms with Crippen LogP contribution in [0.15, 0.2) is 64.6 Å². The van der Waals surface area contributed by atoms with E-state index in [1.54, 1.807) is 33.8 Å². The number of aromatic nitrogens is 4. The number of rotatable bonds is 7. The molecule has 1 aliphatic heterocycles. The van der Waals surface area contributed by atoms with Crippen LogP contribution in [0.2, 0.25) is 0 Å². The molecule has 1 fully saturated rings. The van der Waals surface area contributed by atoms with Gasteiger partial charge in [-0.2, -0.15) is 8.99 Å². The second-order valence-electron chi connectivity index (χ2n) is 8.17. The molecule has 2 heterocycles. The van der Waals surface area contributed by atoms with Crippen molar-refractivity contribution in [1.82, 2.24) is 29.4 Å². The van der Waals surface area contributed by atoms with Crippen LogP contribution in [0.4, 0.5) is 0 Å². The van der Waals surface area contributed by atoms with Gasteiger partial charge in [0.1, 0.15) is 6.17 Å². The van der Waals surface area contributed by atoms with Gasteiger partial charge < -0.3 is 4.90 Å². The second-order valence-corrected chi connectivity index (χ2v) is 11.0. The summed E-state index contributed by atoms with van der Waals surface area (Å²) < 4.78 is 29.7. The Morgan fingerprint density at radius 2 is 1.79 bits per heavy atom. The summed E-state index contributed by atoms with van der Waals surface area (Å²) in [6, 6.07) is 16.2. The van der Waals surface area contributed by atoms with E-state index in [1.807, 2.05) is 51.1 Å². The van der Waals surface area contributed by atoms with Crippen LogP contribution in [0.3, 0.4) is 0 Å². The van der Waals surface area contributed by atoms with Gasteiger partial charge in [-0.05, 0) is 47.5 Å². The molecule has 0 spiro atoms. The van der Waals surface area contributed by atoms with Crippen LogP contribution in [0.1, 0.15) is 19.4 Å². The van der Waals surface area contributed by atoms with Gasteiger partial charge in [0.2, 0.25) is 21.1 Å². The number of aryl methyl sites for hydroxylation is 1. The van der Waals surface area contributed by atoms with Gasteiger partial charge >= 0.3 is 0 Å². The van der Waals surface area contributed by atoms with E-state index < -0.39 is 16.2 Å². The number of nitrogens with zero attached hydrogens (tertiary/aromatic N) is 6. The SMILES string of the molecule is Cc1ccc(S(=O)(=O)N2CCN(C(=O)CSc3nnnn3-c3ccccc3)[C@@H]2C(C)C)cc1. The highest BCUT2D eigenvalue weighted by Gasteiger charge is 2.43. The van der Waals surface area contributed by atoms with Crippen molar-refractivity contribution in [2.75, 3.05) is 18.8 Å². The van der Waals surface area contributed by atoms with Crippen LogP contribution in [0, 0.1) is 12.8 Å². The van der Waals surface area contributed by atoms with Crippen molar-refractivity contribution in [2.45, 2.75) is 37.0 Å².